The summed E-state index contributed by atoms with van der Waals surface area (Å²) in [7, 11) is 3.64. The largest absolute Gasteiger partial charge is 0.493 e. The summed E-state index contributed by atoms with van der Waals surface area (Å²) in [4.78, 5) is 12.5. The van der Waals surface area contributed by atoms with E-state index in [1.807, 2.05) is 25.0 Å². The lowest BCUT2D eigenvalue weighted by Crippen LogP contribution is -2.16. The molecule has 0 atom stereocenters. The van der Waals surface area contributed by atoms with Gasteiger partial charge in [-0.05, 0) is 42.2 Å². The molecular formula is C21H25N3O2S. The first-order valence-electron chi connectivity index (χ1n) is 9.43. The highest BCUT2D eigenvalue weighted by atomic mass is 32.2. The van der Waals surface area contributed by atoms with Crippen LogP contribution in [0, 0.1) is 5.92 Å². The molecule has 2 aromatic heterocycles. The van der Waals surface area contributed by atoms with Crippen molar-refractivity contribution in [3.63, 3.8) is 0 Å². The third-order valence-electron chi connectivity index (χ3n) is 4.94. The van der Waals surface area contributed by atoms with Crippen LogP contribution in [0.5, 0.6) is 5.75 Å². The predicted molar refractivity (Wildman–Crippen MR) is 111 cm³/mol. The van der Waals surface area contributed by atoms with Crippen LogP contribution in [0.15, 0.2) is 35.4 Å². The molecule has 142 valence electrons. The van der Waals surface area contributed by atoms with Crippen LogP contribution in [0.25, 0.3) is 22.0 Å². The van der Waals surface area contributed by atoms with E-state index in [4.69, 9.17) is 4.74 Å². The number of thioether (sulfide) groups is 1. The molecule has 1 fully saturated rings. The molecule has 0 spiro atoms. The molecule has 2 heterocycles. The second-order valence-corrected chi connectivity index (χ2v) is 8.52. The Kier molecular flexibility index (Phi) is 5.00. The van der Waals surface area contributed by atoms with Gasteiger partial charge in [-0.3, -0.25) is 9.48 Å². The van der Waals surface area contributed by atoms with Gasteiger partial charge in [-0.15, -0.1) is 0 Å². The number of hydrogen-bond donors (Lipinski definition) is 0. The van der Waals surface area contributed by atoms with Gasteiger partial charge in [0, 0.05) is 43.4 Å². The molecule has 5 nitrogen and oxygen atoms in total. The van der Waals surface area contributed by atoms with Gasteiger partial charge in [0.1, 0.15) is 11.3 Å². The van der Waals surface area contributed by atoms with E-state index in [-0.39, 0.29) is 5.56 Å². The van der Waals surface area contributed by atoms with E-state index in [1.54, 1.807) is 22.5 Å². The number of aryl methyl sites for hydroxylation is 2. The van der Waals surface area contributed by atoms with Crippen LogP contribution in [0.1, 0.15) is 25.3 Å². The van der Waals surface area contributed by atoms with Gasteiger partial charge in [0.05, 0.1) is 12.0 Å². The summed E-state index contributed by atoms with van der Waals surface area (Å²) in [6.45, 7) is 2.93. The molecule has 1 aliphatic rings. The van der Waals surface area contributed by atoms with Crippen LogP contribution >= 0.6 is 11.8 Å². The minimum Gasteiger partial charge on any atom is -0.493 e. The summed E-state index contributed by atoms with van der Waals surface area (Å²) >= 11 is 1.90. The number of fused-ring (bicyclic) bond motifs is 1. The third kappa shape index (κ3) is 3.76. The Hall–Kier alpha value is -2.21. The fourth-order valence-corrected chi connectivity index (χ4v) is 3.88. The van der Waals surface area contributed by atoms with Gasteiger partial charge in [0.2, 0.25) is 0 Å². The number of hydrogen-bond acceptors (Lipinski definition) is 4. The van der Waals surface area contributed by atoms with Crippen molar-refractivity contribution >= 4 is 22.7 Å². The zero-order valence-electron chi connectivity index (χ0n) is 16.1. The normalized spacial score (nSPS) is 14.0. The minimum absolute atomic E-state index is 0.0278. The zero-order valence-corrected chi connectivity index (χ0v) is 16.9. The minimum atomic E-state index is -0.0278. The number of pyridine rings is 1. The second kappa shape index (κ2) is 7.43. The fraction of sp³-hybridized carbons (Fsp3) is 0.429. The van der Waals surface area contributed by atoms with Crippen molar-refractivity contribution in [2.75, 3.05) is 12.4 Å². The number of rotatable bonds is 7. The Morgan fingerprint density at radius 3 is 2.78 bits per heavy atom. The lowest BCUT2D eigenvalue weighted by Gasteiger charge is -2.14. The molecule has 27 heavy (non-hydrogen) atoms. The van der Waals surface area contributed by atoms with Gasteiger partial charge in [-0.2, -0.15) is 16.9 Å². The summed E-state index contributed by atoms with van der Waals surface area (Å²) in [6.07, 6.45) is 6.19. The van der Waals surface area contributed by atoms with Crippen molar-refractivity contribution in [1.82, 2.24) is 14.3 Å². The molecule has 0 aliphatic heterocycles. The number of ether oxygens (including phenoxy) is 1. The second-order valence-electron chi connectivity index (χ2n) is 7.25. The maximum Gasteiger partial charge on any atom is 0.261 e. The average Bonchev–Trinajstić information content (AvgIpc) is 3.41. The van der Waals surface area contributed by atoms with Crippen molar-refractivity contribution in [2.24, 2.45) is 20.0 Å². The van der Waals surface area contributed by atoms with Crippen LogP contribution in [-0.2, 0) is 19.8 Å². The predicted octanol–water partition coefficient (Wildman–Crippen LogP) is 3.98. The summed E-state index contributed by atoms with van der Waals surface area (Å²) in [5.74, 6) is 3.60. The highest BCUT2D eigenvalue weighted by Crippen LogP contribution is 2.37. The van der Waals surface area contributed by atoms with Gasteiger partial charge in [0.25, 0.3) is 5.56 Å². The Morgan fingerprint density at radius 2 is 2.04 bits per heavy atom. The van der Waals surface area contributed by atoms with Crippen molar-refractivity contribution in [3.05, 3.63) is 46.5 Å². The maximum absolute atomic E-state index is 12.5. The molecule has 4 rings (SSSR count). The Morgan fingerprint density at radius 1 is 1.22 bits per heavy atom. The van der Waals surface area contributed by atoms with E-state index >= 15 is 0 Å². The van der Waals surface area contributed by atoms with Crippen LogP contribution in [-0.4, -0.2) is 26.7 Å². The Balaban J connectivity index is 1.85. The quantitative estimate of drug-likeness (QED) is 0.619. The topological polar surface area (TPSA) is 49.0 Å². The highest BCUT2D eigenvalue weighted by Gasteiger charge is 2.23. The van der Waals surface area contributed by atoms with Crippen LogP contribution in [0.2, 0.25) is 0 Å². The van der Waals surface area contributed by atoms with E-state index in [0.717, 1.165) is 40.5 Å². The summed E-state index contributed by atoms with van der Waals surface area (Å²) in [5, 5.41) is 5.21. The lowest BCUT2D eigenvalue weighted by molar-refractivity contribution is 0.301. The molecular weight excluding hydrogens is 358 g/mol. The first-order chi connectivity index (χ1) is 13.1. The van der Waals surface area contributed by atoms with E-state index < -0.39 is 0 Å². The monoisotopic (exact) mass is 383 g/mol. The Labute approximate surface area is 163 Å². The lowest BCUT2D eigenvalue weighted by atomic mass is 10.0. The molecule has 0 saturated heterocycles. The molecule has 6 heteroatoms. The molecule has 0 unspecified atom stereocenters. The van der Waals surface area contributed by atoms with Crippen molar-refractivity contribution in [3.8, 4) is 16.9 Å². The molecule has 0 radical (unpaired) electrons. The van der Waals surface area contributed by atoms with E-state index in [1.165, 1.54) is 18.4 Å². The summed E-state index contributed by atoms with van der Waals surface area (Å²) in [6, 6.07) is 6.41. The molecule has 0 amide bonds. The summed E-state index contributed by atoms with van der Waals surface area (Å²) in [5.41, 5.74) is 3.93. The molecule has 1 saturated carbocycles. The van der Waals surface area contributed by atoms with Crippen molar-refractivity contribution < 1.29 is 4.74 Å². The van der Waals surface area contributed by atoms with Gasteiger partial charge in [-0.1, -0.05) is 13.0 Å². The zero-order chi connectivity index (χ0) is 19.0. The van der Waals surface area contributed by atoms with Crippen LogP contribution in [0.4, 0.5) is 0 Å². The first kappa shape index (κ1) is 18.2. The first-order valence-corrected chi connectivity index (χ1v) is 10.6. The standard InChI is InChI=1S/C21H25N3O2S/c1-4-27-13-15-7-8-19(26-12-14-5-6-14)16(9-15)17-10-23(2)21(25)18-11-24(3)22-20(17)18/h7-11,14H,4-6,12-13H2,1-3H3. The average molecular weight is 384 g/mol. The molecule has 1 aromatic carbocycles. The fourth-order valence-electron chi connectivity index (χ4n) is 3.26. The van der Waals surface area contributed by atoms with E-state index in [2.05, 4.69) is 30.2 Å². The molecule has 0 bridgehead atoms. The third-order valence-corrected chi connectivity index (χ3v) is 5.88. The Bertz CT molecular complexity index is 1030. The van der Waals surface area contributed by atoms with Crippen molar-refractivity contribution in [2.45, 2.75) is 25.5 Å². The van der Waals surface area contributed by atoms with Crippen molar-refractivity contribution in [1.29, 1.82) is 0 Å². The highest BCUT2D eigenvalue weighted by molar-refractivity contribution is 7.98. The number of nitrogens with zero attached hydrogens (tertiary/aromatic N) is 3. The SMILES string of the molecule is CCSCc1ccc(OCC2CC2)c(-c2cn(C)c(=O)c3cn(C)nc23)c1. The van der Waals surface area contributed by atoms with E-state index in [9.17, 15) is 4.79 Å². The number of aromatic nitrogens is 3. The summed E-state index contributed by atoms with van der Waals surface area (Å²) < 4.78 is 9.51. The van der Waals surface area contributed by atoms with E-state index in [0.29, 0.717) is 11.3 Å². The smallest absolute Gasteiger partial charge is 0.261 e. The van der Waals surface area contributed by atoms with Gasteiger partial charge in [0.15, 0.2) is 0 Å². The molecule has 1 aliphatic carbocycles. The van der Waals surface area contributed by atoms with Crippen LogP contribution < -0.4 is 10.3 Å². The van der Waals surface area contributed by atoms with Gasteiger partial charge >= 0.3 is 0 Å². The van der Waals surface area contributed by atoms with Gasteiger partial charge in [-0.25, -0.2) is 0 Å². The molecule has 0 N–H and O–H groups in total. The molecule has 3 aromatic rings. The van der Waals surface area contributed by atoms with Crippen LogP contribution in [0.3, 0.4) is 0 Å². The van der Waals surface area contributed by atoms with Gasteiger partial charge < -0.3 is 9.30 Å². The number of benzene rings is 1. The maximum atomic E-state index is 12.5.